The molecule has 0 saturated carbocycles. The first kappa shape index (κ1) is 19.3. The topological polar surface area (TPSA) is 63.7 Å². The molecule has 134 valence electrons. The highest BCUT2D eigenvalue weighted by Gasteiger charge is 2.21. The third-order valence-corrected chi connectivity index (χ3v) is 4.34. The van der Waals surface area contributed by atoms with Gasteiger partial charge in [-0.3, -0.25) is 4.79 Å². The first-order chi connectivity index (χ1) is 11.7. The van der Waals surface area contributed by atoms with Crippen LogP contribution in [0.4, 0.5) is 0 Å². The highest BCUT2D eigenvalue weighted by molar-refractivity contribution is 7.86. The van der Waals surface area contributed by atoms with Crippen LogP contribution in [0, 0.1) is 0 Å². The van der Waals surface area contributed by atoms with E-state index in [2.05, 4.69) is 0 Å². The van der Waals surface area contributed by atoms with Gasteiger partial charge < -0.3 is 9.08 Å². The maximum Gasteiger partial charge on any atom is 0.306 e. The zero-order valence-corrected chi connectivity index (χ0v) is 15.8. The van der Waals surface area contributed by atoms with Crippen LogP contribution < -0.4 is 4.18 Å². The summed E-state index contributed by atoms with van der Waals surface area (Å²) in [6, 6.07) is 13.5. The third kappa shape index (κ3) is 5.47. The van der Waals surface area contributed by atoms with Crippen LogP contribution in [0.3, 0.4) is 0 Å². The summed E-state index contributed by atoms with van der Waals surface area (Å²) in [5.41, 5.74) is 1.31. The molecule has 0 fully saturated rings. The van der Waals surface area contributed by atoms with Crippen LogP contribution in [0.5, 0.6) is 5.75 Å². The highest BCUT2D eigenvalue weighted by atomic mass is 35.5. The number of hydrogen-bond donors (Lipinski definition) is 0. The van der Waals surface area contributed by atoms with Gasteiger partial charge in [-0.15, -0.1) is 0 Å². The summed E-state index contributed by atoms with van der Waals surface area (Å²) in [5.74, 6) is 0.0804. The molecule has 0 aliphatic carbocycles. The van der Waals surface area contributed by atoms with E-state index in [1.165, 1.54) is 0 Å². The van der Waals surface area contributed by atoms with Crippen LogP contribution >= 0.6 is 11.6 Å². The summed E-state index contributed by atoms with van der Waals surface area (Å²) < 4.78 is 27.1. The maximum atomic E-state index is 12.8. The average Bonchev–Trinajstić information content (AvgIpc) is 2.52. The number of nitrogens with zero attached hydrogens (tertiary/aromatic N) is 1. The standard InChI is InChI=1S/C18H20ClNO4S/c1-13(2)20(18(21)16-6-4-5-7-17(16)19)12-14-8-10-15(11-9-14)24-25(3,22)23/h4-11,13H,12H2,1-3H3. The van der Waals surface area contributed by atoms with Crippen molar-refractivity contribution in [2.75, 3.05) is 6.26 Å². The van der Waals surface area contributed by atoms with Crippen LogP contribution in [-0.2, 0) is 16.7 Å². The van der Waals surface area contributed by atoms with Crippen LogP contribution in [0.2, 0.25) is 5.02 Å². The van der Waals surface area contributed by atoms with Gasteiger partial charge in [0.1, 0.15) is 5.75 Å². The van der Waals surface area contributed by atoms with Crippen molar-refractivity contribution >= 4 is 27.6 Å². The van der Waals surface area contributed by atoms with E-state index < -0.39 is 10.1 Å². The monoisotopic (exact) mass is 381 g/mol. The van der Waals surface area contributed by atoms with E-state index in [1.54, 1.807) is 53.4 Å². The summed E-state index contributed by atoms with van der Waals surface area (Å²) >= 11 is 6.13. The normalized spacial score (nSPS) is 11.4. The van der Waals surface area contributed by atoms with Crippen LogP contribution in [0.1, 0.15) is 29.8 Å². The molecule has 0 aromatic heterocycles. The number of amides is 1. The van der Waals surface area contributed by atoms with Gasteiger partial charge in [-0.2, -0.15) is 8.42 Å². The zero-order valence-electron chi connectivity index (χ0n) is 14.3. The van der Waals surface area contributed by atoms with Gasteiger partial charge in [0, 0.05) is 12.6 Å². The van der Waals surface area contributed by atoms with E-state index in [9.17, 15) is 13.2 Å². The average molecular weight is 382 g/mol. The Morgan fingerprint density at radius 1 is 1.12 bits per heavy atom. The van der Waals surface area contributed by atoms with Gasteiger partial charge in [-0.1, -0.05) is 35.9 Å². The highest BCUT2D eigenvalue weighted by Crippen LogP contribution is 2.21. The largest absolute Gasteiger partial charge is 0.383 e. The lowest BCUT2D eigenvalue weighted by molar-refractivity contribution is 0.0690. The van der Waals surface area contributed by atoms with Gasteiger partial charge in [0.2, 0.25) is 0 Å². The Hall–Kier alpha value is -2.05. The molecule has 0 heterocycles. The lowest BCUT2D eigenvalue weighted by atomic mass is 10.1. The second-order valence-corrected chi connectivity index (χ2v) is 7.92. The number of halogens is 1. The van der Waals surface area contributed by atoms with Crippen molar-refractivity contribution in [3.8, 4) is 5.75 Å². The lowest BCUT2D eigenvalue weighted by Crippen LogP contribution is -2.36. The lowest BCUT2D eigenvalue weighted by Gasteiger charge is -2.27. The van der Waals surface area contributed by atoms with Crippen LogP contribution in [0.15, 0.2) is 48.5 Å². The minimum atomic E-state index is -3.56. The Morgan fingerprint density at radius 3 is 2.24 bits per heavy atom. The summed E-state index contributed by atoms with van der Waals surface area (Å²) in [6.07, 6.45) is 0.990. The molecular formula is C18H20ClNO4S. The van der Waals surface area contributed by atoms with Crippen molar-refractivity contribution in [2.24, 2.45) is 0 Å². The predicted molar refractivity (Wildman–Crippen MR) is 98.4 cm³/mol. The molecule has 2 rings (SSSR count). The Kier molecular flexibility index (Phi) is 6.08. The zero-order chi connectivity index (χ0) is 18.6. The van der Waals surface area contributed by atoms with E-state index in [-0.39, 0.29) is 17.7 Å². The molecule has 0 atom stereocenters. The van der Waals surface area contributed by atoms with E-state index in [0.29, 0.717) is 17.1 Å². The molecule has 0 radical (unpaired) electrons. The smallest absolute Gasteiger partial charge is 0.306 e. The summed E-state index contributed by atoms with van der Waals surface area (Å²) in [6.45, 7) is 4.23. The Balaban J connectivity index is 2.19. The molecule has 5 nitrogen and oxygen atoms in total. The molecule has 2 aromatic rings. The molecule has 2 aromatic carbocycles. The minimum Gasteiger partial charge on any atom is -0.383 e. The molecule has 25 heavy (non-hydrogen) atoms. The van der Waals surface area contributed by atoms with Gasteiger partial charge in [0.25, 0.3) is 5.91 Å². The molecule has 7 heteroatoms. The molecule has 0 unspecified atom stereocenters. The number of carbonyl (C=O) groups excluding carboxylic acids is 1. The van der Waals surface area contributed by atoms with E-state index >= 15 is 0 Å². The molecule has 0 bridgehead atoms. The second-order valence-electron chi connectivity index (χ2n) is 5.94. The molecule has 1 amide bonds. The van der Waals surface area contributed by atoms with Crippen LogP contribution in [-0.4, -0.2) is 31.5 Å². The van der Waals surface area contributed by atoms with E-state index in [0.717, 1.165) is 11.8 Å². The minimum absolute atomic E-state index is 0.0317. The molecule has 0 aliphatic heterocycles. The summed E-state index contributed by atoms with van der Waals surface area (Å²) in [5, 5.41) is 0.412. The third-order valence-electron chi connectivity index (χ3n) is 3.51. The fourth-order valence-electron chi connectivity index (χ4n) is 2.30. The van der Waals surface area contributed by atoms with Gasteiger partial charge >= 0.3 is 10.1 Å². The van der Waals surface area contributed by atoms with Crippen molar-refractivity contribution in [1.82, 2.24) is 4.90 Å². The Morgan fingerprint density at radius 2 is 1.72 bits per heavy atom. The molecule has 0 aliphatic rings. The number of benzene rings is 2. The molecule has 0 N–H and O–H groups in total. The molecule has 0 spiro atoms. The first-order valence-corrected chi connectivity index (χ1v) is 9.90. The Labute approximate surface area is 153 Å². The van der Waals surface area contributed by atoms with Crippen molar-refractivity contribution in [3.05, 3.63) is 64.7 Å². The van der Waals surface area contributed by atoms with Gasteiger partial charge in [0.05, 0.1) is 16.8 Å². The van der Waals surface area contributed by atoms with Gasteiger partial charge in [0.15, 0.2) is 0 Å². The van der Waals surface area contributed by atoms with Crippen molar-refractivity contribution in [1.29, 1.82) is 0 Å². The van der Waals surface area contributed by atoms with Crippen molar-refractivity contribution in [3.63, 3.8) is 0 Å². The fourth-order valence-corrected chi connectivity index (χ4v) is 2.98. The summed E-state index contributed by atoms with van der Waals surface area (Å²) in [7, 11) is -3.56. The summed E-state index contributed by atoms with van der Waals surface area (Å²) in [4.78, 5) is 14.5. The first-order valence-electron chi connectivity index (χ1n) is 7.71. The fraction of sp³-hybridized carbons (Fsp3) is 0.278. The van der Waals surface area contributed by atoms with E-state index in [1.807, 2.05) is 13.8 Å². The van der Waals surface area contributed by atoms with Gasteiger partial charge in [-0.25, -0.2) is 0 Å². The van der Waals surface area contributed by atoms with E-state index in [4.69, 9.17) is 15.8 Å². The number of rotatable bonds is 6. The Bertz CT molecular complexity index is 848. The number of hydrogen-bond acceptors (Lipinski definition) is 4. The SMILES string of the molecule is CC(C)N(Cc1ccc(OS(C)(=O)=O)cc1)C(=O)c1ccccc1Cl. The quantitative estimate of drug-likeness (QED) is 0.715. The van der Waals surface area contributed by atoms with Crippen molar-refractivity contribution in [2.45, 2.75) is 26.4 Å². The number of carbonyl (C=O) groups is 1. The predicted octanol–water partition coefficient (Wildman–Crippen LogP) is 3.73. The van der Waals surface area contributed by atoms with Gasteiger partial charge in [-0.05, 0) is 43.7 Å². The second kappa shape index (κ2) is 7.89. The van der Waals surface area contributed by atoms with Crippen molar-refractivity contribution < 1.29 is 17.4 Å². The molecular weight excluding hydrogens is 362 g/mol. The molecule has 0 saturated heterocycles. The van der Waals surface area contributed by atoms with Crippen LogP contribution in [0.25, 0.3) is 0 Å². The maximum absolute atomic E-state index is 12.8.